The third kappa shape index (κ3) is 3.79. The minimum Gasteiger partial charge on any atom is -0.497 e. The van der Waals surface area contributed by atoms with Crippen molar-refractivity contribution in [1.82, 2.24) is 4.90 Å². The number of likely N-dealkylation sites (tertiary alicyclic amines) is 1. The van der Waals surface area contributed by atoms with Gasteiger partial charge in [0.1, 0.15) is 17.5 Å². The molecular weight excluding hydrogens is 332 g/mol. The first-order chi connectivity index (χ1) is 12.6. The molecule has 0 saturated carbocycles. The van der Waals surface area contributed by atoms with Gasteiger partial charge in [0.15, 0.2) is 0 Å². The fourth-order valence-electron chi connectivity index (χ4n) is 3.02. The molecule has 1 heterocycles. The summed E-state index contributed by atoms with van der Waals surface area (Å²) in [5.74, 6) is 0.859. The van der Waals surface area contributed by atoms with Gasteiger partial charge in [-0.05, 0) is 24.1 Å². The molecule has 2 aromatic rings. The van der Waals surface area contributed by atoms with Crippen LogP contribution in [0, 0.1) is 0 Å². The third-order valence-corrected chi connectivity index (χ3v) is 4.45. The first-order valence-corrected chi connectivity index (χ1v) is 8.49. The predicted molar refractivity (Wildman–Crippen MR) is 98.4 cm³/mol. The van der Waals surface area contributed by atoms with Crippen LogP contribution in [0.4, 0.5) is 5.69 Å². The lowest BCUT2D eigenvalue weighted by Crippen LogP contribution is -2.36. The van der Waals surface area contributed by atoms with Gasteiger partial charge in [0.2, 0.25) is 5.91 Å². The Labute approximate surface area is 152 Å². The van der Waals surface area contributed by atoms with Gasteiger partial charge in [-0.2, -0.15) is 0 Å². The van der Waals surface area contributed by atoms with E-state index in [-0.39, 0.29) is 18.2 Å². The van der Waals surface area contributed by atoms with Crippen LogP contribution in [0.1, 0.15) is 12.0 Å². The van der Waals surface area contributed by atoms with Crippen molar-refractivity contribution in [2.45, 2.75) is 18.9 Å². The van der Waals surface area contributed by atoms with E-state index in [9.17, 15) is 9.59 Å². The smallest absolute Gasteiger partial charge is 0.252 e. The first kappa shape index (κ1) is 17.8. The summed E-state index contributed by atoms with van der Waals surface area (Å²) in [6, 6.07) is 14.5. The van der Waals surface area contributed by atoms with Crippen LogP contribution in [0.2, 0.25) is 0 Å². The SMILES string of the molecule is COc1ccc(NC2CC(=O)N(CCc3ccccc3)C2=O)c(OC)c1. The van der Waals surface area contributed by atoms with Crippen molar-refractivity contribution in [1.29, 1.82) is 0 Å². The molecule has 26 heavy (non-hydrogen) atoms. The molecule has 0 radical (unpaired) electrons. The number of ether oxygens (including phenoxy) is 2. The molecule has 6 nitrogen and oxygen atoms in total. The third-order valence-electron chi connectivity index (χ3n) is 4.45. The number of nitrogens with zero attached hydrogens (tertiary/aromatic N) is 1. The van der Waals surface area contributed by atoms with Gasteiger partial charge >= 0.3 is 0 Å². The first-order valence-electron chi connectivity index (χ1n) is 8.49. The lowest BCUT2D eigenvalue weighted by atomic mass is 10.1. The van der Waals surface area contributed by atoms with Crippen LogP contribution in [0.25, 0.3) is 0 Å². The Balaban J connectivity index is 1.67. The lowest BCUT2D eigenvalue weighted by Gasteiger charge is -2.17. The average molecular weight is 354 g/mol. The highest BCUT2D eigenvalue weighted by Crippen LogP contribution is 2.31. The maximum Gasteiger partial charge on any atom is 0.252 e. The second-order valence-corrected chi connectivity index (χ2v) is 6.09. The molecule has 1 fully saturated rings. The highest BCUT2D eigenvalue weighted by atomic mass is 16.5. The number of rotatable bonds is 7. The summed E-state index contributed by atoms with van der Waals surface area (Å²) in [7, 11) is 3.12. The second kappa shape index (κ2) is 7.91. The van der Waals surface area contributed by atoms with E-state index in [2.05, 4.69) is 5.32 Å². The molecule has 3 rings (SSSR count). The van der Waals surface area contributed by atoms with Gasteiger partial charge in [0, 0.05) is 12.6 Å². The number of hydrogen-bond acceptors (Lipinski definition) is 5. The Bertz CT molecular complexity index is 792. The Morgan fingerprint density at radius 3 is 2.54 bits per heavy atom. The summed E-state index contributed by atoms with van der Waals surface area (Å²) in [4.78, 5) is 26.3. The normalized spacial score (nSPS) is 16.7. The van der Waals surface area contributed by atoms with E-state index in [1.807, 2.05) is 30.3 Å². The van der Waals surface area contributed by atoms with E-state index in [0.717, 1.165) is 5.56 Å². The summed E-state index contributed by atoms with van der Waals surface area (Å²) < 4.78 is 10.5. The van der Waals surface area contributed by atoms with Gasteiger partial charge in [-0.1, -0.05) is 30.3 Å². The van der Waals surface area contributed by atoms with Crippen LogP contribution in [0.3, 0.4) is 0 Å². The molecular formula is C20H22N2O4. The highest BCUT2D eigenvalue weighted by Gasteiger charge is 2.38. The molecule has 1 aliphatic rings. The summed E-state index contributed by atoms with van der Waals surface area (Å²) in [6.07, 6.45) is 0.791. The van der Waals surface area contributed by atoms with Gasteiger partial charge in [-0.15, -0.1) is 0 Å². The molecule has 0 aromatic heterocycles. The number of anilines is 1. The van der Waals surface area contributed by atoms with E-state index in [1.165, 1.54) is 4.90 Å². The second-order valence-electron chi connectivity index (χ2n) is 6.09. The Hall–Kier alpha value is -3.02. The number of methoxy groups -OCH3 is 2. The van der Waals surface area contributed by atoms with Crippen LogP contribution in [-0.2, 0) is 16.0 Å². The van der Waals surface area contributed by atoms with Crippen molar-refractivity contribution in [3.05, 3.63) is 54.1 Å². The van der Waals surface area contributed by atoms with Crippen molar-refractivity contribution in [2.75, 3.05) is 26.1 Å². The van der Waals surface area contributed by atoms with Crippen molar-refractivity contribution in [3.8, 4) is 11.5 Å². The lowest BCUT2D eigenvalue weighted by molar-refractivity contribution is -0.138. The van der Waals surface area contributed by atoms with Crippen LogP contribution in [0.15, 0.2) is 48.5 Å². The topological polar surface area (TPSA) is 67.9 Å². The molecule has 2 aromatic carbocycles. The molecule has 1 unspecified atom stereocenters. The van der Waals surface area contributed by atoms with Crippen molar-refractivity contribution in [2.24, 2.45) is 0 Å². The van der Waals surface area contributed by atoms with Gasteiger partial charge < -0.3 is 14.8 Å². The molecule has 0 bridgehead atoms. The monoisotopic (exact) mass is 354 g/mol. The zero-order valence-electron chi connectivity index (χ0n) is 14.9. The van der Waals surface area contributed by atoms with E-state index >= 15 is 0 Å². The number of carbonyl (C=O) groups excluding carboxylic acids is 2. The van der Waals surface area contributed by atoms with E-state index in [4.69, 9.17) is 9.47 Å². The number of imide groups is 1. The summed E-state index contributed by atoms with van der Waals surface area (Å²) in [6.45, 7) is 0.388. The maximum atomic E-state index is 12.6. The van der Waals surface area contributed by atoms with Crippen molar-refractivity contribution >= 4 is 17.5 Å². The van der Waals surface area contributed by atoms with Crippen molar-refractivity contribution in [3.63, 3.8) is 0 Å². The van der Waals surface area contributed by atoms with Crippen molar-refractivity contribution < 1.29 is 19.1 Å². The molecule has 1 N–H and O–H groups in total. The Kier molecular flexibility index (Phi) is 5.41. The molecule has 0 aliphatic carbocycles. The maximum absolute atomic E-state index is 12.6. The Morgan fingerprint density at radius 1 is 1.08 bits per heavy atom. The fourth-order valence-corrected chi connectivity index (χ4v) is 3.02. The van der Waals surface area contributed by atoms with Crippen LogP contribution in [-0.4, -0.2) is 43.5 Å². The minimum absolute atomic E-state index is 0.142. The summed E-state index contributed by atoms with van der Waals surface area (Å²) >= 11 is 0. The Morgan fingerprint density at radius 2 is 1.85 bits per heavy atom. The molecule has 1 aliphatic heterocycles. The summed E-state index contributed by atoms with van der Waals surface area (Å²) in [5, 5.41) is 3.13. The van der Waals surface area contributed by atoms with Crippen LogP contribution < -0.4 is 14.8 Å². The summed E-state index contributed by atoms with van der Waals surface area (Å²) in [5.41, 5.74) is 1.76. The molecule has 136 valence electrons. The minimum atomic E-state index is -0.583. The van der Waals surface area contributed by atoms with E-state index in [0.29, 0.717) is 30.2 Å². The highest BCUT2D eigenvalue weighted by molar-refractivity contribution is 6.07. The van der Waals surface area contributed by atoms with Gasteiger partial charge in [0.05, 0.1) is 26.3 Å². The number of carbonyl (C=O) groups is 2. The molecule has 2 amide bonds. The molecule has 1 saturated heterocycles. The number of amides is 2. The van der Waals surface area contributed by atoms with Gasteiger partial charge in [0.25, 0.3) is 5.91 Å². The van der Waals surface area contributed by atoms with Gasteiger partial charge in [-0.25, -0.2) is 0 Å². The van der Waals surface area contributed by atoms with Crippen LogP contribution in [0.5, 0.6) is 11.5 Å². The number of nitrogens with one attached hydrogen (secondary N) is 1. The number of hydrogen-bond donors (Lipinski definition) is 1. The van der Waals surface area contributed by atoms with E-state index in [1.54, 1.807) is 32.4 Å². The quantitative estimate of drug-likeness (QED) is 0.774. The molecule has 1 atom stereocenters. The largest absolute Gasteiger partial charge is 0.497 e. The molecule has 6 heteroatoms. The van der Waals surface area contributed by atoms with Gasteiger partial charge in [-0.3, -0.25) is 14.5 Å². The molecule has 0 spiro atoms. The predicted octanol–water partition coefficient (Wildman–Crippen LogP) is 2.49. The van der Waals surface area contributed by atoms with E-state index < -0.39 is 6.04 Å². The van der Waals surface area contributed by atoms with Crippen LogP contribution >= 0.6 is 0 Å². The zero-order valence-corrected chi connectivity index (χ0v) is 14.9. The zero-order chi connectivity index (χ0) is 18.5. The standard InChI is InChI=1S/C20H22N2O4/c1-25-15-8-9-16(18(12-15)26-2)21-17-13-19(23)22(20(17)24)11-10-14-6-4-3-5-7-14/h3-9,12,17,21H,10-11,13H2,1-2H3. The fraction of sp³-hybridized carbons (Fsp3) is 0.300. The average Bonchev–Trinajstić information content (AvgIpc) is 2.94. The number of benzene rings is 2.